The van der Waals surface area contributed by atoms with Crippen molar-refractivity contribution in [1.82, 2.24) is 0 Å². The van der Waals surface area contributed by atoms with E-state index >= 15 is 0 Å². The van der Waals surface area contributed by atoms with Gasteiger partial charge in [-0.3, -0.25) is 4.79 Å². The fraction of sp³-hybridized carbons (Fsp3) is 0.273. The maximum Gasteiger partial charge on any atom is 0.335 e. The van der Waals surface area contributed by atoms with E-state index in [0.29, 0.717) is 5.56 Å². The number of hydrogen-bond acceptors (Lipinski definition) is 3. The van der Waals surface area contributed by atoms with Gasteiger partial charge in [0, 0.05) is 0 Å². The van der Waals surface area contributed by atoms with E-state index in [1.807, 2.05) is 0 Å². The number of aromatic carboxylic acids is 1. The Kier molecular flexibility index (Phi) is 2.40. The maximum absolute atomic E-state index is 11.2. The molecule has 1 aliphatic rings. The minimum absolute atomic E-state index is 0.0880. The predicted octanol–water partition coefficient (Wildman–Crippen LogP) is 0.737. The molecule has 0 radical (unpaired) electrons. The van der Waals surface area contributed by atoms with E-state index in [2.05, 4.69) is 0 Å². The van der Waals surface area contributed by atoms with Crippen LogP contribution in [0.2, 0.25) is 0 Å². The third-order valence-corrected chi connectivity index (χ3v) is 2.77. The summed E-state index contributed by atoms with van der Waals surface area (Å²) < 4.78 is 4.93. The Balaban J connectivity index is 2.43. The van der Waals surface area contributed by atoms with Crippen LogP contribution in [-0.4, -0.2) is 35.4 Å². The molecule has 2 N–H and O–H groups in total. The summed E-state index contributed by atoms with van der Waals surface area (Å²) in [6.07, 6.45) is 0. The first-order chi connectivity index (χ1) is 7.56. The molecular weight excluding hydrogens is 212 g/mol. The molecule has 1 aliphatic heterocycles. The number of rotatable bonds is 3. The molecule has 0 bridgehead atoms. The summed E-state index contributed by atoms with van der Waals surface area (Å²) in [5.74, 6) is -2.05. The number of hydrogen-bond donors (Lipinski definition) is 2. The number of aliphatic carboxylic acids is 1. The average molecular weight is 222 g/mol. The minimum atomic E-state index is -1.08. The van der Waals surface area contributed by atoms with Crippen LogP contribution in [-0.2, 0) is 14.9 Å². The van der Waals surface area contributed by atoms with Gasteiger partial charge in [-0.25, -0.2) is 4.79 Å². The van der Waals surface area contributed by atoms with Crippen LogP contribution < -0.4 is 0 Å². The molecule has 1 aromatic rings. The second kappa shape index (κ2) is 3.61. The molecule has 16 heavy (non-hydrogen) atoms. The first kappa shape index (κ1) is 10.6. The summed E-state index contributed by atoms with van der Waals surface area (Å²) in [5, 5.41) is 18.0. The van der Waals surface area contributed by atoms with Gasteiger partial charge in [-0.2, -0.15) is 0 Å². The van der Waals surface area contributed by atoms with Crippen LogP contribution >= 0.6 is 0 Å². The predicted molar refractivity (Wildman–Crippen MR) is 53.5 cm³/mol. The molecule has 0 spiro atoms. The summed E-state index contributed by atoms with van der Waals surface area (Å²) in [7, 11) is 0. The third kappa shape index (κ3) is 1.45. The minimum Gasteiger partial charge on any atom is -0.480 e. The Morgan fingerprint density at radius 1 is 1.25 bits per heavy atom. The molecule has 0 unspecified atom stereocenters. The smallest absolute Gasteiger partial charge is 0.335 e. The van der Waals surface area contributed by atoms with Gasteiger partial charge in [0.25, 0.3) is 0 Å². The molecule has 1 fully saturated rings. The largest absolute Gasteiger partial charge is 0.480 e. The molecule has 1 aromatic carbocycles. The van der Waals surface area contributed by atoms with Gasteiger partial charge in [0.05, 0.1) is 18.8 Å². The zero-order chi connectivity index (χ0) is 11.8. The molecule has 1 saturated heterocycles. The van der Waals surface area contributed by atoms with E-state index in [1.54, 1.807) is 12.1 Å². The highest BCUT2D eigenvalue weighted by Gasteiger charge is 2.48. The standard InChI is InChI=1S/C11H10O5/c12-9(13)7-2-1-3-8(4-7)11(10(14)15)5-16-6-11/h1-4H,5-6H2,(H,12,13)(H,14,15). The van der Waals surface area contributed by atoms with Crippen LogP contribution in [0.3, 0.4) is 0 Å². The van der Waals surface area contributed by atoms with E-state index in [4.69, 9.17) is 14.9 Å². The fourth-order valence-electron chi connectivity index (χ4n) is 1.67. The lowest BCUT2D eigenvalue weighted by molar-refractivity contribution is -0.163. The molecule has 0 saturated carbocycles. The maximum atomic E-state index is 11.2. The van der Waals surface area contributed by atoms with Gasteiger partial charge in [-0.15, -0.1) is 0 Å². The zero-order valence-electron chi connectivity index (χ0n) is 8.34. The quantitative estimate of drug-likeness (QED) is 0.787. The molecule has 0 amide bonds. The topological polar surface area (TPSA) is 83.8 Å². The summed E-state index contributed by atoms with van der Waals surface area (Å²) in [6, 6.07) is 5.98. The van der Waals surface area contributed by atoms with Crippen LogP contribution in [0.4, 0.5) is 0 Å². The Hall–Kier alpha value is -1.88. The Morgan fingerprint density at radius 2 is 1.94 bits per heavy atom. The van der Waals surface area contributed by atoms with E-state index in [0.717, 1.165) is 0 Å². The van der Waals surface area contributed by atoms with Crippen LogP contribution in [0.15, 0.2) is 24.3 Å². The number of benzene rings is 1. The lowest BCUT2D eigenvalue weighted by Crippen LogP contribution is -2.53. The third-order valence-electron chi connectivity index (χ3n) is 2.77. The van der Waals surface area contributed by atoms with Gasteiger partial charge in [-0.1, -0.05) is 12.1 Å². The lowest BCUT2D eigenvalue weighted by Gasteiger charge is -2.37. The van der Waals surface area contributed by atoms with E-state index in [9.17, 15) is 9.59 Å². The summed E-state index contributed by atoms with van der Waals surface area (Å²) in [6.45, 7) is 0.177. The van der Waals surface area contributed by atoms with Gasteiger partial charge >= 0.3 is 11.9 Å². The molecule has 1 heterocycles. The second-order valence-corrected chi connectivity index (χ2v) is 3.77. The van der Waals surface area contributed by atoms with Crippen LogP contribution in [0.5, 0.6) is 0 Å². The van der Waals surface area contributed by atoms with Gasteiger partial charge in [0.15, 0.2) is 0 Å². The molecule has 0 atom stereocenters. The van der Waals surface area contributed by atoms with Crippen molar-refractivity contribution in [3.63, 3.8) is 0 Å². The molecule has 0 aliphatic carbocycles. The molecular formula is C11H10O5. The Bertz CT molecular complexity index is 447. The normalized spacial score (nSPS) is 17.5. The van der Waals surface area contributed by atoms with Crippen molar-refractivity contribution in [2.24, 2.45) is 0 Å². The fourth-order valence-corrected chi connectivity index (χ4v) is 1.67. The van der Waals surface area contributed by atoms with Crippen LogP contribution in [0.1, 0.15) is 15.9 Å². The number of ether oxygens (including phenoxy) is 1. The molecule has 5 nitrogen and oxygen atoms in total. The lowest BCUT2D eigenvalue weighted by atomic mass is 9.78. The van der Waals surface area contributed by atoms with Crippen molar-refractivity contribution in [2.45, 2.75) is 5.41 Å². The Labute approximate surface area is 91.3 Å². The zero-order valence-corrected chi connectivity index (χ0v) is 8.34. The van der Waals surface area contributed by atoms with Gasteiger partial charge in [0.2, 0.25) is 0 Å². The van der Waals surface area contributed by atoms with E-state index in [1.165, 1.54) is 12.1 Å². The molecule has 84 valence electrons. The average Bonchev–Trinajstić information content (AvgIpc) is 2.15. The molecule has 0 aromatic heterocycles. The molecule has 5 heteroatoms. The second-order valence-electron chi connectivity index (χ2n) is 3.77. The van der Waals surface area contributed by atoms with Crippen molar-refractivity contribution in [3.05, 3.63) is 35.4 Å². The van der Waals surface area contributed by atoms with Gasteiger partial charge < -0.3 is 14.9 Å². The summed E-state index contributed by atoms with van der Waals surface area (Å²) in [5.41, 5.74) is -0.512. The van der Waals surface area contributed by atoms with Gasteiger partial charge in [-0.05, 0) is 17.7 Å². The highest BCUT2D eigenvalue weighted by molar-refractivity contribution is 5.89. The van der Waals surface area contributed by atoms with Crippen molar-refractivity contribution in [3.8, 4) is 0 Å². The number of carboxylic acids is 2. The first-order valence-corrected chi connectivity index (χ1v) is 4.71. The number of carboxylic acid groups (broad SMARTS) is 2. The van der Waals surface area contributed by atoms with Gasteiger partial charge in [0.1, 0.15) is 5.41 Å². The molecule has 2 rings (SSSR count). The first-order valence-electron chi connectivity index (χ1n) is 4.71. The van der Waals surface area contributed by atoms with Crippen molar-refractivity contribution in [2.75, 3.05) is 13.2 Å². The van der Waals surface area contributed by atoms with Crippen molar-refractivity contribution >= 4 is 11.9 Å². The van der Waals surface area contributed by atoms with Crippen molar-refractivity contribution < 1.29 is 24.5 Å². The monoisotopic (exact) mass is 222 g/mol. The Morgan fingerprint density at radius 3 is 2.38 bits per heavy atom. The highest BCUT2D eigenvalue weighted by atomic mass is 16.5. The van der Waals surface area contributed by atoms with Crippen LogP contribution in [0.25, 0.3) is 0 Å². The van der Waals surface area contributed by atoms with Crippen LogP contribution in [0, 0.1) is 0 Å². The van der Waals surface area contributed by atoms with Crippen molar-refractivity contribution in [1.29, 1.82) is 0 Å². The SMILES string of the molecule is O=C(O)c1cccc(C2(C(=O)O)COC2)c1. The summed E-state index contributed by atoms with van der Waals surface area (Å²) >= 11 is 0. The number of carbonyl (C=O) groups is 2. The summed E-state index contributed by atoms with van der Waals surface area (Å²) in [4.78, 5) is 21.9. The van der Waals surface area contributed by atoms with E-state index in [-0.39, 0.29) is 18.8 Å². The highest BCUT2D eigenvalue weighted by Crippen LogP contribution is 2.33. The van der Waals surface area contributed by atoms with E-state index < -0.39 is 17.4 Å².